The summed E-state index contributed by atoms with van der Waals surface area (Å²) in [6, 6.07) is 1.78. The normalized spacial score (nSPS) is 9.85. The summed E-state index contributed by atoms with van der Waals surface area (Å²) in [6.45, 7) is 3.84. The summed E-state index contributed by atoms with van der Waals surface area (Å²) < 4.78 is 10.1. The second-order valence-electron chi connectivity index (χ2n) is 2.90. The Morgan fingerprint density at radius 3 is 2.23 bits per heavy atom. The fraction of sp³-hybridized carbons (Fsp3) is 0.400. The summed E-state index contributed by atoms with van der Waals surface area (Å²) in [4.78, 5) is 0. The molecule has 72 valence electrons. The van der Waals surface area contributed by atoms with Crippen molar-refractivity contribution in [1.29, 1.82) is 0 Å². The summed E-state index contributed by atoms with van der Waals surface area (Å²) in [5.41, 5.74) is 1.97. The smallest absolute Gasteiger partial charge is 0.201 e. The van der Waals surface area contributed by atoms with E-state index in [2.05, 4.69) is 0 Å². The van der Waals surface area contributed by atoms with Crippen LogP contribution in [0.5, 0.6) is 17.2 Å². The average molecular weight is 182 g/mol. The molecule has 1 aromatic carbocycles. The summed E-state index contributed by atoms with van der Waals surface area (Å²) in [6.07, 6.45) is 0. The van der Waals surface area contributed by atoms with Crippen LogP contribution in [-0.2, 0) is 0 Å². The molecule has 0 fully saturated rings. The van der Waals surface area contributed by atoms with Gasteiger partial charge in [0, 0.05) is 0 Å². The largest absolute Gasteiger partial charge is 0.502 e. The predicted octanol–water partition coefficient (Wildman–Crippen LogP) is 2.03. The standard InChI is InChI=1S/C10H14O3/c1-6-5-8(12-3)9(11)10(13-4)7(6)2/h5,11H,1-4H3. The van der Waals surface area contributed by atoms with E-state index < -0.39 is 0 Å². The number of phenolic OH excluding ortho intramolecular Hbond substituents is 1. The maximum atomic E-state index is 9.64. The summed E-state index contributed by atoms with van der Waals surface area (Å²) in [7, 11) is 3.05. The van der Waals surface area contributed by atoms with E-state index in [9.17, 15) is 5.11 Å². The van der Waals surface area contributed by atoms with Crippen molar-refractivity contribution in [3.63, 3.8) is 0 Å². The fourth-order valence-corrected chi connectivity index (χ4v) is 1.25. The first-order valence-corrected chi connectivity index (χ1v) is 4.03. The lowest BCUT2D eigenvalue weighted by molar-refractivity contribution is 0.337. The number of hydrogen-bond donors (Lipinski definition) is 1. The van der Waals surface area contributed by atoms with E-state index in [0.29, 0.717) is 11.5 Å². The molecule has 13 heavy (non-hydrogen) atoms. The van der Waals surface area contributed by atoms with Crippen LogP contribution in [0, 0.1) is 13.8 Å². The molecule has 0 radical (unpaired) electrons. The zero-order chi connectivity index (χ0) is 10.0. The molecule has 0 aliphatic heterocycles. The van der Waals surface area contributed by atoms with Gasteiger partial charge in [0.1, 0.15) is 0 Å². The highest BCUT2D eigenvalue weighted by molar-refractivity contribution is 5.57. The molecule has 0 bridgehead atoms. The Balaban J connectivity index is 3.39. The molecule has 0 saturated heterocycles. The minimum atomic E-state index is 0.0631. The Morgan fingerprint density at radius 2 is 1.77 bits per heavy atom. The Morgan fingerprint density at radius 1 is 1.15 bits per heavy atom. The van der Waals surface area contributed by atoms with Gasteiger partial charge in [-0.1, -0.05) is 0 Å². The minimum Gasteiger partial charge on any atom is -0.502 e. The number of methoxy groups -OCH3 is 2. The van der Waals surface area contributed by atoms with Crippen LogP contribution in [0.3, 0.4) is 0 Å². The van der Waals surface area contributed by atoms with Crippen LogP contribution < -0.4 is 9.47 Å². The number of phenols is 1. The SMILES string of the molecule is COc1cc(C)c(C)c(OC)c1O. The number of benzene rings is 1. The lowest BCUT2D eigenvalue weighted by Gasteiger charge is -2.12. The van der Waals surface area contributed by atoms with Gasteiger partial charge in [-0.15, -0.1) is 0 Å². The van der Waals surface area contributed by atoms with Crippen LogP contribution in [0.25, 0.3) is 0 Å². The lowest BCUT2D eigenvalue weighted by atomic mass is 10.1. The first-order chi connectivity index (χ1) is 6.11. The van der Waals surface area contributed by atoms with E-state index in [1.807, 2.05) is 13.8 Å². The number of aryl methyl sites for hydroxylation is 1. The Kier molecular flexibility index (Phi) is 2.66. The molecule has 1 rings (SSSR count). The lowest BCUT2D eigenvalue weighted by Crippen LogP contribution is -1.94. The summed E-state index contributed by atoms with van der Waals surface area (Å²) in [5.74, 6) is 0.991. The second kappa shape index (κ2) is 3.56. The van der Waals surface area contributed by atoms with Gasteiger partial charge >= 0.3 is 0 Å². The molecule has 0 unspecified atom stereocenters. The van der Waals surface area contributed by atoms with Crippen molar-refractivity contribution < 1.29 is 14.6 Å². The highest BCUT2D eigenvalue weighted by atomic mass is 16.5. The molecule has 1 N–H and O–H groups in total. The van der Waals surface area contributed by atoms with Gasteiger partial charge in [-0.25, -0.2) is 0 Å². The van der Waals surface area contributed by atoms with Crippen molar-refractivity contribution in [1.82, 2.24) is 0 Å². The molecule has 3 nitrogen and oxygen atoms in total. The highest BCUT2D eigenvalue weighted by Gasteiger charge is 2.13. The van der Waals surface area contributed by atoms with E-state index in [-0.39, 0.29) is 5.75 Å². The van der Waals surface area contributed by atoms with Crippen molar-refractivity contribution in [2.75, 3.05) is 14.2 Å². The Labute approximate surface area is 77.9 Å². The number of ether oxygens (including phenoxy) is 2. The molecule has 0 spiro atoms. The van der Waals surface area contributed by atoms with Crippen molar-refractivity contribution >= 4 is 0 Å². The third-order valence-corrected chi connectivity index (χ3v) is 2.15. The topological polar surface area (TPSA) is 38.7 Å². The summed E-state index contributed by atoms with van der Waals surface area (Å²) in [5, 5.41) is 9.64. The molecule has 0 atom stereocenters. The highest BCUT2D eigenvalue weighted by Crippen LogP contribution is 2.40. The van der Waals surface area contributed by atoms with Crippen molar-refractivity contribution in [2.24, 2.45) is 0 Å². The molecule has 0 amide bonds. The van der Waals surface area contributed by atoms with Gasteiger partial charge in [0.15, 0.2) is 11.5 Å². The molecular weight excluding hydrogens is 168 g/mol. The van der Waals surface area contributed by atoms with Gasteiger partial charge in [0.25, 0.3) is 0 Å². The first kappa shape index (κ1) is 9.71. The number of rotatable bonds is 2. The van der Waals surface area contributed by atoms with Gasteiger partial charge in [-0.05, 0) is 31.0 Å². The molecule has 0 aliphatic carbocycles. The van der Waals surface area contributed by atoms with Crippen LogP contribution in [-0.4, -0.2) is 19.3 Å². The van der Waals surface area contributed by atoms with Gasteiger partial charge in [0.05, 0.1) is 14.2 Å². The van der Waals surface area contributed by atoms with Gasteiger partial charge < -0.3 is 14.6 Å². The van der Waals surface area contributed by atoms with Crippen LogP contribution in [0.15, 0.2) is 6.07 Å². The maximum absolute atomic E-state index is 9.64. The van der Waals surface area contributed by atoms with Crippen molar-refractivity contribution in [2.45, 2.75) is 13.8 Å². The Bertz CT molecular complexity index is 318. The van der Waals surface area contributed by atoms with E-state index >= 15 is 0 Å². The average Bonchev–Trinajstić information content (AvgIpc) is 2.12. The maximum Gasteiger partial charge on any atom is 0.201 e. The fourth-order valence-electron chi connectivity index (χ4n) is 1.25. The van der Waals surface area contributed by atoms with Crippen molar-refractivity contribution in [3.05, 3.63) is 17.2 Å². The predicted molar refractivity (Wildman–Crippen MR) is 50.7 cm³/mol. The Hall–Kier alpha value is -1.38. The van der Waals surface area contributed by atoms with E-state index in [1.165, 1.54) is 14.2 Å². The second-order valence-corrected chi connectivity index (χ2v) is 2.90. The van der Waals surface area contributed by atoms with Gasteiger partial charge in [-0.2, -0.15) is 0 Å². The minimum absolute atomic E-state index is 0.0631. The molecule has 0 saturated carbocycles. The van der Waals surface area contributed by atoms with Crippen LogP contribution >= 0.6 is 0 Å². The zero-order valence-corrected chi connectivity index (χ0v) is 8.34. The molecule has 3 heteroatoms. The third kappa shape index (κ3) is 1.54. The van der Waals surface area contributed by atoms with Crippen LogP contribution in [0.2, 0.25) is 0 Å². The number of aromatic hydroxyl groups is 1. The van der Waals surface area contributed by atoms with Crippen LogP contribution in [0.4, 0.5) is 0 Å². The van der Waals surface area contributed by atoms with Gasteiger partial charge in [0.2, 0.25) is 5.75 Å². The molecule has 1 aromatic rings. The number of hydrogen-bond acceptors (Lipinski definition) is 3. The van der Waals surface area contributed by atoms with E-state index in [0.717, 1.165) is 11.1 Å². The van der Waals surface area contributed by atoms with E-state index in [1.54, 1.807) is 6.07 Å². The zero-order valence-electron chi connectivity index (χ0n) is 8.34. The summed E-state index contributed by atoms with van der Waals surface area (Å²) >= 11 is 0. The van der Waals surface area contributed by atoms with Gasteiger partial charge in [-0.3, -0.25) is 0 Å². The quantitative estimate of drug-likeness (QED) is 0.760. The van der Waals surface area contributed by atoms with E-state index in [4.69, 9.17) is 9.47 Å². The monoisotopic (exact) mass is 182 g/mol. The third-order valence-electron chi connectivity index (χ3n) is 2.15. The van der Waals surface area contributed by atoms with Crippen LogP contribution in [0.1, 0.15) is 11.1 Å². The molecule has 0 aromatic heterocycles. The molecule has 0 aliphatic rings. The van der Waals surface area contributed by atoms with Crippen molar-refractivity contribution in [3.8, 4) is 17.2 Å². The molecule has 0 heterocycles. The first-order valence-electron chi connectivity index (χ1n) is 4.03. The molecular formula is C10H14O3.